The Morgan fingerprint density at radius 3 is 2.41 bits per heavy atom. The number of hydrogen-bond donors (Lipinski definition) is 1. The van der Waals surface area contributed by atoms with Crippen LogP contribution >= 0.6 is 11.6 Å². The lowest BCUT2D eigenvalue weighted by Crippen LogP contribution is -2.50. The van der Waals surface area contributed by atoms with E-state index in [2.05, 4.69) is 5.32 Å². The van der Waals surface area contributed by atoms with Crippen LogP contribution in [0.3, 0.4) is 0 Å². The van der Waals surface area contributed by atoms with Gasteiger partial charge in [-0.05, 0) is 56.9 Å². The van der Waals surface area contributed by atoms with Crippen LogP contribution in [-0.4, -0.2) is 28.8 Å². The standard InChI is InChI=1S/C24H31ClN2O2/c1-6-18(4)26-24(29)19(5)27(15-20-9-7-8-10-22(20)25)23(28)14-21-13-16(2)11-12-17(21)3/h7-13,18-19H,6,14-15H2,1-5H3,(H,26,29). The average Bonchev–Trinajstić information content (AvgIpc) is 2.69. The van der Waals surface area contributed by atoms with Crippen molar-refractivity contribution in [2.24, 2.45) is 0 Å². The molecule has 0 heterocycles. The van der Waals surface area contributed by atoms with E-state index in [-0.39, 0.29) is 24.3 Å². The minimum absolute atomic E-state index is 0.0567. The summed E-state index contributed by atoms with van der Waals surface area (Å²) in [6, 6.07) is 13.0. The molecule has 0 aliphatic carbocycles. The topological polar surface area (TPSA) is 49.4 Å². The second kappa shape index (κ2) is 10.4. The Bertz CT molecular complexity index is 866. The Morgan fingerprint density at radius 2 is 1.76 bits per heavy atom. The van der Waals surface area contributed by atoms with Crippen LogP contribution in [-0.2, 0) is 22.6 Å². The first-order valence-electron chi connectivity index (χ1n) is 10.1. The second-order valence-corrected chi connectivity index (χ2v) is 8.12. The van der Waals surface area contributed by atoms with Gasteiger partial charge in [0, 0.05) is 17.6 Å². The molecule has 0 radical (unpaired) electrons. The molecule has 2 aromatic rings. The molecule has 2 atom stereocenters. The van der Waals surface area contributed by atoms with Gasteiger partial charge in [-0.2, -0.15) is 0 Å². The highest BCUT2D eigenvalue weighted by molar-refractivity contribution is 6.31. The summed E-state index contributed by atoms with van der Waals surface area (Å²) in [5.41, 5.74) is 3.98. The summed E-state index contributed by atoms with van der Waals surface area (Å²) in [6.07, 6.45) is 1.08. The Hall–Kier alpha value is -2.33. The maximum absolute atomic E-state index is 13.3. The van der Waals surface area contributed by atoms with Crippen LogP contribution in [0.4, 0.5) is 0 Å². The fourth-order valence-corrected chi connectivity index (χ4v) is 3.31. The van der Waals surface area contributed by atoms with Crippen LogP contribution in [0.2, 0.25) is 5.02 Å². The lowest BCUT2D eigenvalue weighted by Gasteiger charge is -2.30. The lowest BCUT2D eigenvalue weighted by atomic mass is 10.0. The van der Waals surface area contributed by atoms with Crippen molar-refractivity contribution < 1.29 is 9.59 Å². The molecule has 156 valence electrons. The molecule has 2 aromatic carbocycles. The van der Waals surface area contributed by atoms with Gasteiger partial charge in [0.15, 0.2) is 0 Å². The maximum atomic E-state index is 13.3. The molecule has 5 heteroatoms. The van der Waals surface area contributed by atoms with E-state index >= 15 is 0 Å². The van der Waals surface area contributed by atoms with Gasteiger partial charge in [0.05, 0.1) is 6.42 Å². The number of hydrogen-bond acceptors (Lipinski definition) is 2. The molecule has 0 aromatic heterocycles. The van der Waals surface area contributed by atoms with Crippen molar-refractivity contribution in [1.29, 1.82) is 0 Å². The summed E-state index contributed by atoms with van der Waals surface area (Å²) >= 11 is 6.33. The van der Waals surface area contributed by atoms with Gasteiger partial charge < -0.3 is 10.2 Å². The molecule has 0 saturated carbocycles. The molecule has 4 nitrogen and oxygen atoms in total. The predicted octanol–water partition coefficient (Wildman–Crippen LogP) is 4.83. The van der Waals surface area contributed by atoms with E-state index in [0.29, 0.717) is 11.6 Å². The third kappa shape index (κ3) is 6.33. The van der Waals surface area contributed by atoms with Crippen LogP contribution in [0, 0.1) is 13.8 Å². The Morgan fingerprint density at radius 1 is 1.07 bits per heavy atom. The second-order valence-electron chi connectivity index (χ2n) is 7.71. The number of carbonyl (C=O) groups excluding carboxylic acids is 2. The van der Waals surface area contributed by atoms with E-state index < -0.39 is 6.04 Å². The van der Waals surface area contributed by atoms with E-state index in [1.54, 1.807) is 17.9 Å². The van der Waals surface area contributed by atoms with Crippen LogP contribution in [0.1, 0.15) is 49.4 Å². The number of rotatable bonds is 8. The monoisotopic (exact) mass is 414 g/mol. The van der Waals surface area contributed by atoms with Crippen molar-refractivity contribution in [3.63, 3.8) is 0 Å². The van der Waals surface area contributed by atoms with Gasteiger partial charge in [0.25, 0.3) is 0 Å². The van der Waals surface area contributed by atoms with E-state index in [9.17, 15) is 9.59 Å². The fourth-order valence-electron chi connectivity index (χ4n) is 3.11. The number of nitrogens with zero attached hydrogens (tertiary/aromatic N) is 1. The van der Waals surface area contributed by atoms with Crippen LogP contribution in [0.15, 0.2) is 42.5 Å². The zero-order valence-corrected chi connectivity index (χ0v) is 18.7. The molecule has 2 unspecified atom stereocenters. The van der Waals surface area contributed by atoms with Gasteiger partial charge >= 0.3 is 0 Å². The molecule has 1 N–H and O–H groups in total. The van der Waals surface area contributed by atoms with E-state index in [1.165, 1.54) is 0 Å². The van der Waals surface area contributed by atoms with Gasteiger partial charge in [-0.3, -0.25) is 9.59 Å². The lowest BCUT2D eigenvalue weighted by molar-refractivity contribution is -0.140. The van der Waals surface area contributed by atoms with E-state index in [1.807, 2.05) is 64.1 Å². The summed E-state index contributed by atoms with van der Waals surface area (Å²) < 4.78 is 0. The van der Waals surface area contributed by atoms with Gasteiger partial charge in [-0.25, -0.2) is 0 Å². The summed E-state index contributed by atoms with van der Waals surface area (Å²) in [6.45, 7) is 10.1. The minimum atomic E-state index is -0.599. The number of halogens is 1. The molecule has 0 spiro atoms. The highest BCUT2D eigenvalue weighted by Gasteiger charge is 2.27. The van der Waals surface area contributed by atoms with Gasteiger partial charge in [0.2, 0.25) is 11.8 Å². The third-order valence-electron chi connectivity index (χ3n) is 5.31. The van der Waals surface area contributed by atoms with Crippen molar-refractivity contribution >= 4 is 23.4 Å². The maximum Gasteiger partial charge on any atom is 0.242 e. The van der Waals surface area contributed by atoms with Crippen molar-refractivity contribution in [3.05, 3.63) is 69.7 Å². The first-order chi connectivity index (χ1) is 13.7. The van der Waals surface area contributed by atoms with Gasteiger partial charge in [-0.15, -0.1) is 0 Å². The molecular formula is C24H31ClN2O2. The summed E-state index contributed by atoms with van der Waals surface area (Å²) in [4.78, 5) is 27.7. The van der Waals surface area contributed by atoms with E-state index in [4.69, 9.17) is 11.6 Å². The number of aryl methyl sites for hydroxylation is 2. The third-order valence-corrected chi connectivity index (χ3v) is 5.68. The molecule has 2 rings (SSSR count). The van der Waals surface area contributed by atoms with Crippen LogP contribution in [0.5, 0.6) is 0 Å². The van der Waals surface area contributed by atoms with Crippen LogP contribution < -0.4 is 5.32 Å². The molecule has 0 fully saturated rings. The minimum Gasteiger partial charge on any atom is -0.352 e. The Labute approximate surface area is 179 Å². The number of nitrogens with one attached hydrogen (secondary N) is 1. The molecule has 2 amide bonds. The van der Waals surface area contributed by atoms with Crippen LogP contribution in [0.25, 0.3) is 0 Å². The van der Waals surface area contributed by atoms with Crippen molar-refractivity contribution in [2.75, 3.05) is 0 Å². The van der Waals surface area contributed by atoms with Crippen molar-refractivity contribution in [1.82, 2.24) is 10.2 Å². The molecule has 0 saturated heterocycles. The summed E-state index contributed by atoms with van der Waals surface area (Å²) in [5, 5.41) is 3.57. The number of carbonyl (C=O) groups is 2. The first kappa shape index (κ1) is 23.0. The Balaban J connectivity index is 2.29. The molecule has 29 heavy (non-hydrogen) atoms. The zero-order chi connectivity index (χ0) is 21.6. The van der Waals surface area contributed by atoms with Crippen molar-refractivity contribution in [3.8, 4) is 0 Å². The first-order valence-corrected chi connectivity index (χ1v) is 10.5. The number of amides is 2. The molecule has 0 aliphatic rings. The highest BCUT2D eigenvalue weighted by Crippen LogP contribution is 2.20. The van der Waals surface area contributed by atoms with E-state index in [0.717, 1.165) is 28.7 Å². The predicted molar refractivity (Wildman–Crippen MR) is 119 cm³/mol. The average molecular weight is 415 g/mol. The zero-order valence-electron chi connectivity index (χ0n) is 18.0. The summed E-state index contributed by atoms with van der Waals surface area (Å²) in [5.74, 6) is -0.244. The Kier molecular flexibility index (Phi) is 8.27. The smallest absolute Gasteiger partial charge is 0.242 e. The normalized spacial score (nSPS) is 12.9. The quantitative estimate of drug-likeness (QED) is 0.672. The molecule has 0 aliphatic heterocycles. The number of benzene rings is 2. The van der Waals surface area contributed by atoms with Gasteiger partial charge in [-0.1, -0.05) is 60.5 Å². The summed E-state index contributed by atoms with van der Waals surface area (Å²) in [7, 11) is 0. The van der Waals surface area contributed by atoms with Crippen molar-refractivity contribution in [2.45, 2.75) is 66.1 Å². The SMILES string of the molecule is CCC(C)NC(=O)C(C)N(Cc1ccccc1Cl)C(=O)Cc1cc(C)ccc1C. The fraction of sp³-hybridized carbons (Fsp3) is 0.417. The highest BCUT2D eigenvalue weighted by atomic mass is 35.5. The largest absolute Gasteiger partial charge is 0.352 e. The molecular weight excluding hydrogens is 384 g/mol. The van der Waals surface area contributed by atoms with Gasteiger partial charge in [0.1, 0.15) is 6.04 Å². The molecule has 0 bridgehead atoms.